The summed E-state index contributed by atoms with van der Waals surface area (Å²) < 4.78 is 14.3. The average Bonchev–Trinajstić information content (AvgIpc) is 2.83. The molecule has 0 aliphatic rings. The zero-order chi connectivity index (χ0) is 12.1. The molecule has 0 spiro atoms. The molecule has 0 saturated heterocycles. The zero-order valence-electron chi connectivity index (χ0n) is 9.01. The summed E-state index contributed by atoms with van der Waals surface area (Å²) in [4.78, 5) is 11.6. The van der Waals surface area contributed by atoms with E-state index in [1.807, 2.05) is 0 Å². The Balaban J connectivity index is 1.83. The average molecular weight is 234 g/mol. The second kappa shape index (κ2) is 5.20. The van der Waals surface area contributed by atoms with E-state index in [0.717, 1.165) is 0 Å². The topological polar surface area (TPSA) is 59.8 Å². The molecule has 0 bridgehead atoms. The molecule has 5 nitrogen and oxygen atoms in total. The molecule has 0 unspecified atom stereocenters. The standard InChI is InChI=1S/C11H11FN4O/c12-10-3-1-9(2-4-10)11(17)13-5-7-16-8-6-14-15-16/h1-4,6,8H,5,7H2,(H,13,17). The van der Waals surface area contributed by atoms with E-state index < -0.39 is 0 Å². The van der Waals surface area contributed by atoms with Crippen molar-refractivity contribution in [3.05, 3.63) is 48.0 Å². The summed E-state index contributed by atoms with van der Waals surface area (Å²) in [6.07, 6.45) is 3.28. The van der Waals surface area contributed by atoms with Crippen molar-refractivity contribution < 1.29 is 9.18 Å². The van der Waals surface area contributed by atoms with Crippen LogP contribution in [0.3, 0.4) is 0 Å². The van der Waals surface area contributed by atoms with Crippen LogP contribution in [0.5, 0.6) is 0 Å². The monoisotopic (exact) mass is 234 g/mol. The van der Waals surface area contributed by atoms with Crippen LogP contribution in [0.2, 0.25) is 0 Å². The van der Waals surface area contributed by atoms with E-state index in [9.17, 15) is 9.18 Å². The molecule has 0 aliphatic carbocycles. The molecular weight excluding hydrogens is 223 g/mol. The van der Waals surface area contributed by atoms with Gasteiger partial charge in [-0.3, -0.25) is 9.48 Å². The molecule has 2 rings (SSSR count). The minimum Gasteiger partial charge on any atom is -0.350 e. The first-order chi connectivity index (χ1) is 8.25. The Hall–Kier alpha value is -2.24. The lowest BCUT2D eigenvalue weighted by atomic mass is 10.2. The van der Waals surface area contributed by atoms with Crippen molar-refractivity contribution in [1.82, 2.24) is 20.3 Å². The van der Waals surface area contributed by atoms with Crippen molar-refractivity contribution in [2.75, 3.05) is 6.54 Å². The molecule has 0 saturated carbocycles. The van der Waals surface area contributed by atoms with Crippen LogP contribution in [-0.2, 0) is 6.54 Å². The highest BCUT2D eigenvalue weighted by Gasteiger charge is 2.04. The van der Waals surface area contributed by atoms with Crippen molar-refractivity contribution in [2.24, 2.45) is 0 Å². The number of nitrogens with one attached hydrogen (secondary N) is 1. The van der Waals surface area contributed by atoms with E-state index in [1.165, 1.54) is 24.3 Å². The maximum Gasteiger partial charge on any atom is 0.251 e. The van der Waals surface area contributed by atoms with Crippen LogP contribution in [0.1, 0.15) is 10.4 Å². The number of halogens is 1. The molecule has 1 aromatic carbocycles. The maximum atomic E-state index is 12.6. The number of aromatic nitrogens is 3. The highest BCUT2D eigenvalue weighted by atomic mass is 19.1. The van der Waals surface area contributed by atoms with Crippen LogP contribution in [0.25, 0.3) is 0 Å². The van der Waals surface area contributed by atoms with E-state index in [1.54, 1.807) is 17.1 Å². The number of benzene rings is 1. The van der Waals surface area contributed by atoms with Gasteiger partial charge in [-0.1, -0.05) is 5.21 Å². The van der Waals surface area contributed by atoms with Gasteiger partial charge in [-0.05, 0) is 24.3 Å². The van der Waals surface area contributed by atoms with Gasteiger partial charge in [0.15, 0.2) is 0 Å². The molecule has 1 amide bonds. The highest BCUT2D eigenvalue weighted by Crippen LogP contribution is 2.02. The van der Waals surface area contributed by atoms with Crippen molar-refractivity contribution in [1.29, 1.82) is 0 Å². The lowest BCUT2D eigenvalue weighted by molar-refractivity contribution is 0.0952. The van der Waals surface area contributed by atoms with E-state index >= 15 is 0 Å². The second-order valence-electron chi connectivity index (χ2n) is 3.43. The van der Waals surface area contributed by atoms with Crippen molar-refractivity contribution in [2.45, 2.75) is 6.54 Å². The van der Waals surface area contributed by atoms with Crippen molar-refractivity contribution >= 4 is 5.91 Å². The fourth-order valence-corrected chi connectivity index (χ4v) is 1.34. The van der Waals surface area contributed by atoms with E-state index in [-0.39, 0.29) is 11.7 Å². The minimum absolute atomic E-state index is 0.231. The Kier molecular flexibility index (Phi) is 3.44. The number of carbonyl (C=O) groups is 1. The van der Waals surface area contributed by atoms with Gasteiger partial charge in [0.25, 0.3) is 5.91 Å². The van der Waals surface area contributed by atoms with Gasteiger partial charge in [0.1, 0.15) is 5.82 Å². The third-order valence-electron chi connectivity index (χ3n) is 2.20. The van der Waals surface area contributed by atoms with Gasteiger partial charge in [-0.2, -0.15) is 0 Å². The third kappa shape index (κ3) is 3.10. The van der Waals surface area contributed by atoms with Gasteiger partial charge in [-0.25, -0.2) is 4.39 Å². The first-order valence-electron chi connectivity index (χ1n) is 5.13. The molecule has 17 heavy (non-hydrogen) atoms. The Bertz CT molecular complexity index is 481. The molecule has 88 valence electrons. The largest absolute Gasteiger partial charge is 0.350 e. The highest BCUT2D eigenvalue weighted by molar-refractivity contribution is 5.94. The van der Waals surface area contributed by atoms with Crippen LogP contribution in [0.15, 0.2) is 36.7 Å². The van der Waals surface area contributed by atoms with Crippen LogP contribution in [-0.4, -0.2) is 27.4 Å². The van der Waals surface area contributed by atoms with Crippen LogP contribution >= 0.6 is 0 Å². The first-order valence-corrected chi connectivity index (χ1v) is 5.13. The van der Waals surface area contributed by atoms with Crippen molar-refractivity contribution in [3.63, 3.8) is 0 Å². The fraction of sp³-hybridized carbons (Fsp3) is 0.182. The predicted molar refractivity (Wildman–Crippen MR) is 58.8 cm³/mol. The molecule has 6 heteroatoms. The summed E-state index contributed by atoms with van der Waals surface area (Å²) in [5.41, 5.74) is 0.435. The molecule has 1 heterocycles. The van der Waals surface area contributed by atoms with Crippen LogP contribution < -0.4 is 5.32 Å². The molecule has 0 radical (unpaired) electrons. The maximum absolute atomic E-state index is 12.6. The number of hydrogen-bond donors (Lipinski definition) is 1. The van der Waals surface area contributed by atoms with Crippen molar-refractivity contribution in [3.8, 4) is 0 Å². The van der Waals surface area contributed by atoms with E-state index in [2.05, 4.69) is 15.6 Å². The van der Waals surface area contributed by atoms with Gasteiger partial charge in [0.2, 0.25) is 0 Å². The molecular formula is C11H11FN4O. The van der Waals surface area contributed by atoms with Gasteiger partial charge >= 0.3 is 0 Å². The molecule has 0 fully saturated rings. The smallest absolute Gasteiger partial charge is 0.251 e. The molecule has 1 N–H and O–H groups in total. The Morgan fingerprint density at radius 2 is 2.12 bits per heavy atom. The zero-order valence-corrected chi connectivity index (χ0v) is 9.01. The molecule has 0 atom stereocenters. The number of rotatable bonds is 4. The minimum atomic E-state index is -0.357. The molecule has 2 aromatic rings. The number of hydrogen-bond acceptors (Lipinski definition) is 3. The predicted octanol–water partition coefficient (Wildman–Crippen LogP) is 0.847. The number of nitrogens with zero attached hydrogens (tertiary/aromatic N) is 3. The summed E-state index contributed by atoms with van der Waals surface area (Å²) in [6.45, 7) is 0.993. The quantitative estimate of drug-likeness (QED) is 0.853. The Morgan fingerprint density at radius 3 is 2.76 bits per heavy atom. The lowest BCUT2D eigenvalue weighted by Crippen LogP contribution is -2.27. The fourth-order valence-electron chi connectivity index (χ4n) is 1.34. The van der Waals surface area contributed by atoms with E-state index in [0.29, 0.717) is 18.7 Å². The van der Waals surface area contributed by atoms with Crippen LogP contribution in [0, 0.1) is 5.82 Å². The summed E-state index contributed by atoms with van der Waals surface area (Å²) in [6, 6.07) is 5.40. The second-order valence-corrected chi connectivity index (χ2v) is 3.43. The van der Waals surface area contributed by atoms with Gasteiger partial charge in [-0.15, -0.1) is 5.10 Å². The van der Waals surface area contributed by atoms with Crippen LogP contribution in [0.4, 0.5) is 4.39 Å². The van der Waals surface area contributed by atoms with Gasteiger partial charge < -0.3 is 5.32 Å². The molecule has 1 aromatic heterocycles. The number of carbonyl (C=O) groups excluding carboxylic acids is 1. The summed E-state index contributed by atoms with van der Waals surface area (Å²) >= 11 is 0. The van der Waals surface area contributed by atoms with E-state index in [4.69, 9.17) is 0 Å². The summed E-state index contributed by atoms with van der Waals surface area (Å²) in [7, 11) is 0. The lowest BCUT2D eigenvalue weighted by Gasteiger charge is -2.04. The summed E-state index contributed by atoms with van der Waals surface area (Å²) in [5, 5.41) is 10.1. The number of amides is 1. The van der Waals surface area contributed by atoms with Gasteiger partial charge in [0.05, 0.1) is 12.7 Å². The summed E-state index contributed by atoms with van der Waals surface area (Å²) in [5.74, 6) is -0.589. The molecule has 0 aliphatic heterocycles. The first kappa shape index (κ1) is 11.3. The Labute approximate surface area is 97.3 Å². The van der Waals surface area contributed by atoms with Gasteiger partial charge in [0, 0.05) is 18.3 Å². The normalized spacial score (nSPS) is 10.2. The third-order valence-corrected chi connectivity index (χ3v) is 2.20. The Morgan fingerprint density at radius 1 is 1.35 bits per heavy atom. The SMILES string of the molecule is O=C(NCCn1ccnn1)c1ccc(F)cc1.